The molecule has 1 atom stereocenters. The summed E-state index contributed by atoms with van der Waals surface area (Å²) in [4.78, 5) is 33.3. The average Bonchev–Trinajstić information content (AvgIpc) is 2.81. The van der Waals surface area contributed by atoms with Crippen molar-refractivity contribution in [2.45, 2.75) is 25.3 Å². The number of aryl methyl sites for hydroxylation is 1. The molecule has 9 heteroatoms. The van der Waals surface area contributed by atoms with E-state index >= 15 is 0 Å². The van der Waals surface area contributed by atoms with E-state index in [0.717, 1.165) is 0 Å². The van der Waals surface area contributed by atoms with Gasteiger partial charge in [-0.25, -0.2) is 9.59 Å². The number of carbonyl (C=O) groups excluding carboxylic acids is 2. The number of nitrogens with one attached hydrogen (secondary N) is 2. The molecule has 1 aromatic heterocycles. The van der Waals surface area contributed by atoms with Crippen LogP contribution in [0.1, 0.15) is 30.9 Å². The van der Waals surface area contributed by atoms with Gasteiger partial charge in [0.05, 0.1) is 6.20 Å². The first kappa shape index (κ1) is 16.5. The molecule has 1 heterocycles. The van der Waals surface area contributed by atoms with Crippen LogP contribution in [0.4, 0.5) is 4.79 Å². The molecule has 9 nitrogen and oxygen atoms in total. The number of amides is 3. The largest absolute Gasteiger partial charge is 0.479 e. The van der Waals surface area contributed by atoms with E-state index in [2.05, 4.69) is 15.7 Å². The van der Waals surface area contributed by atoms with E-state index in [1.165, 1.54) is 17.1 Å². The van der Waals surface area contributed by atoms with Crippen LogP contribution in [0, 0.1) is 0 Å². The van der Waals surface area contributed by atoms with E-state index in [4.69, 9.17) is 10.8 Å². The topological polar surface area (TPSA) is 139 Å². The number of hydrogen-bond donors (Lipinski definition) is 4. The van der Waals surface area contributed by atoms with Gasteiger partial charge in [0.2, 0.25) is 5.91 Å². The van der Waals surface area contributed by atoms with Crippen molar-refractivity contribution in [3.05, 3.63) is 18.0 Å². The number of carboxylic acid groups (broad SMARTS) is 1. The maximum atomic E-state index is 11.6. The van der Waals surface area contributed by atoms with Gasteiger partial charge in [0.15, 0.2) is 6.04 Å². The van der Waals surface area contributed by atoms with Crippen molar-refractivity contribution in [2.24, 2.45) is 12.8 Å². The molecule has 1 unspecified atom stereocenters. The number of hydrogen-bond acceptors (Lipinski definition) is 4. The van der Waals surface area contributed by atoms with E-state index in [0.29, 0.717) is 24.9 Å². The number of rotatable bonds is 8. The van der Waals surface area contributed by atoms with Crippen LogP contribution < -0.4 is 16.4 Å². The molecule has 0 aliphatic carbocycles. The highest BCUT2D eigenvalue weighted by molar-refractivity contribution is 5.83. The molecule has 0 radical (unpaired) electrons. The molecule has 116 valence electrons. The Morgan fingerprint density at radius 2 is 2.14 bits per heavy atom. The van der Waals surface area contributed by atoms with E-state index in [1.807, 2.05) is 0 Å². The average molecular weight is 297 g/mol. The number of nitrogens with two attached hydrogens (primary N) is 1. The molecule has 0 aliphatic rings. The van der Waals surface area contributed by atoms with E-state index < -0.39 is 18.0 Å². The summed E-state index contributed by atoms with van der Waals surface area (Å²) >= 11 is 0. The molecule has 0 saturated heterocycles. The van der Waals surface area contributed by atoms with Gasteiger partial charge >= 0.3 is 12.0 Å². The SMILES string of the molecule is Cn1cc(C(NC(=O)NCCCCC(N)=O)C(=O)O)cn1. The van der Waals surface area contributed by atoms with Crippen molar-refractivity contribution in [2.75, 3.05) is 6.54 Å². The summed E-state index contributed by atoms with van der Waals surface area (Å²) < 4.78 is 1.45. The zero-order chi connectivity index (χ0) is 15.8. The third-order valence-electron chi connectivity index (χ3n) is 2.72. The van der Waals surface area contributed by atoms with Crippen LogP contribution in [-0.2, 0) is 16.6 Å². The van der Waals surface area contributed by atoms with E-state index in [-0.39, 0.29) is 12.3 Å². The van der Waals surface area contributed by atoms with Crippen molar-refractivity contribution >= 4 is 17.9 Å². The van der Waals surface area contributed by atoms with Gasteiger partial charge in [0.25, 0.3) is 0 Å². The lowest BCUT2D eigenvalue weighted by atomic mass is 10.1. The summed E-state index contributed by atoms with van der Waals surface area (Å²) in [6, 6.07) is -1.75. The monoisotopic (exact) mass is 297 g/mol. The third-order valence-corrected chi connectivity index (χ3v) is 2.72. The molecule has 0 fully saturated rings. The normalized spacial score (nSPS) is 11.7. The summed E-state index contributed by atoms with van der Waals surface area (Å²) in [5.74, 6) is -1.56. The fourth-order valence-electron chi connectivity index (χ4n) is 1.69. The molecule has 3 amide bonds. The number of aliphatic carboxylic acids is 1. The van der Waals surface area contributed by atoms with Crippen LogP contribution in [0.5, 0.6) is 0 Å². The Bertz CT molecular complexity index is 514. The number of carboxylic acids is 1. The van der Waals surface area contributed by atoms with Crippen LogP contribution in [-0.4, -0.2) is 39.3 Å². The second kappa shape index (κ2) is 7.88. The van der Waals surface area contributed by atoms with Gasteiger partial charge < -0.3 is 21.5 Å². The maximum absolute atomic E-state index is 11.6. The van der Waals surface area contributed by atoms with Gasteiger partial charge in [-0.15, -0.1) is 0 Å². The Morgan fingerprint density at radius 3 is 2.67 bits per heavy atom. The van der Waals surface area contributed by atoms with Crippen molar-refractivity contribution in [3.8, 4) is 0 Å². The van der Waals surface area contributed by atoms with Crippen molar-refractivity contribution < 1.29 is 19.5 Å². The van der Waals surface area contributed by atoms with Gasteiger partial charge in [-0.2, -0.15) is 5.10 Å². The molecule has 21 heavy (non-hydrogen) atoms. The fraction of sp³-hybridized carbons (Fsp3) is 0.500. The van der Waals surface area contributed by atoms with Gasteiger partial charge in [-0.3, -0.25) is 9.48 Å². The first-order valence-corrected chi connectivity index (χ1v) is 6.44. The lowest BCUT2D eigenvalue weighted by Crippen LogP contribution is -2.41. The maximum Gasteiger partial charge on any atom is 0.331 e. The quantitative estimate of drug-likeness (QED) is 0.479. The number of aromatic nitrogens is 2. The molecule has 1 aromatic rings. The highest BCUT2D eigenvalue weighted by atomic mass is 16.4. The van der Waals surface area contributed by atoms with Crippen LogP contribution >= 0.6 is 0 Å². The van der Waals surface area contributed by atoms with E-state index in [1.54, 1.807) is 7.05 Å². The molecule has 0 spiro atoms. The molecule has 0 bridgehead atoms. The summed E-state index contributed by atoms with van der Waals surface area (Å²) in [5.41, 5.74) is 5.37. The van der Waals surface area contributed by atoms with Crippen molar-refractivity contribution in [1.82, 2.24) is 20.4 Å². The smallest absolute Gasteiger partial charge is 0.331 e. The number of urea groups is 1. The van der Waals surface area contributed by atoms with Crippen molar-refractivity contribution in [3.63, 3.8) is 0 Å². The lowest BCUT2D eigenvalue weighted by molar-refractivity contribution is -0.139. The minimum atomic E-state index is -1.17. The number of unbranched alkanes of at least 4 members (excludes halogenated alkanes) is 1. The Kier molecular flexibility index (Phi) is 6.18. The van der Waals surface area contributed by atoms with E-state index in [9.17, 15) is 14.4 Å². The Morgan fingerprint density at radius 1 is 1.43 bits per heavy atom. The Labute approximate surface area is 121 Å². The second-order valence-electron chi connectivity index (χ2n) is 4.54. The minimum absolute atomic E-state index is 0.261. The molecule has 1 rings (SSSR count). The standard InChI is InChI=1S/C12H19N5O4/c1-17-7-8(6-15-17)10(11(19)20)16-12(21)14-5-3-2-4-9(13)18/h6-7,10H,2-5H2,1H3,(H2,13,18)(H,19,20)(H2,14,16,21). The van der Waals surface area contributed by atoms with Crippen LogP contribution in [0.3, 0.4) is 0 Å². The van der Waals surface area contributed by atoms with Crippen LogP contribution in [0.25, 0.3) is 0 Å². The number of primary amides is 1. The summed E-state index contributed by atoms with van der Waals surface area (Å²) in [6.45, 7) is 0.332. The van der Waals surface area contributed by atoms with Gasteiger partial charge in [-0.05, 0) is 12.8 Å². The Hall–Kier alpha value is -2.58. The van der Waals surface area contributed by atoms with Crippen LogP contribution in [0.2, 0.25) is 0 Å². The molecule has 5 N–H and O–H groups in total. The molecule has 0 aromatic carbocycles. The highest BCUT2D eigenvalue weighted by Gasteiger charge is 2.23. The molecule has 0 saturated carbocycles. The zero-order valence-corrected chi connectivity index (χ0v) is 11.7. The number of carbonyl (C=O) groups is 3. The first-order chi connectivity index (χ1) is 9.90. The molecular formula is C12H19N5O4. The van der Waals surface area contributed by atoms with Gasteiger partial charge in [0, 0.05) is 31.8 Å². The second-order valence-corrected chi connectivity index (χ2v) is 4.54. The van der Waals surface area contributed by atoms with Crippen LogP contribution in [0.15, 0.2) is 12.4 Å². The predicted molar refractivity (Wildman–Crippen MR) is 73.2 cm³/mol. The molecular weight excluding hydrogens is 278 g/mol. The highest BCUT2D eigenvalue weighted by Crippen LogP contribution is 2.11. The van der Waals surface area contributed by atoms with Crippen molar-refractivity contribution in [1.29, 1.82) is 0 Å². The Balaban J connectivity index is 2.40. The fourth-order valence-corrected chi connectivity index (χ4v) is 1.69. The minimum Gasteiger partial charge on any atom is -0.479 e. The predicted octanol–water partition coefficient (Wildman–Crippen LogP) is -0.499. The summed E-state index contributed by atoms with van der Waals surface area (Å²) in [7, 11) is 1.65. The zero-order valence-electron chi connectivity index (χ0n) is 11.7. The summed E-state index contributed by atoms with van der Waals surface area (Å²) in [6.07, 6.45) is 4.32. The lowest BCUT2D eigenvalue weighted by Gasteiger charge is -2.13. The first-order valence-electron chi connectivity index (χ1n) is 6.44. The van der Waals surface area contributed by atoms with Gasteiger partial charge in [0.1, 0.15) is 0 Å². The molecule has 0 aliphatic heterocycles. The number of nitrogens with zero attached hydrogens (tertiary/aromatic N) is 2. The van der Waals surface area contributed by atoms with Gasteiger partial charge in [-0.1, -0.05) is 0 Å². The summed E-state index contributed by atoms with van der Waals surface area (Å²) in [5, 5.41) is 17.9. The third kappa shape index (κ3) is 5.93.